The fraction of sp³-hybridized carbons (Fsp3) is 0.429. The van der Waals surface area contributed by atoms with Gasteiger partial charge in [0.05, 0.1) is 18.5 Å². The smallest absolute Gasteiger partial charge is 0.316 e. The lowest BCUT2D eigenvalue weighted by Gasteiger charge is -2.22. The molecule has 0 aliphatic carbocycles. The van der Waals surface area contributed by atoms with E-state index >= 15 is 0 Å². The van der Waals surface area contributed by atoms with Crippen LogP contribution < -0.4 is 20.5 Å². The molecular weight excluding hydrogens is 376 g/mol. The Labute approximate surface area is 171 Å². The van der Waals surface area contributed by atoms with Crippen molar-refractivity contribution in [3.63, 3.8) is 0 Å². The van der Waals surface area contributed by atoms with Crippen LogP contribution in [0.1, 0.15) is 26.2 Å². The van der Waals surface area contributed by atoms with Gasteiger partial charge in [-0.2, -0.15) is 9.78 Å². The van der Waals surface area contributed by atoms with Gasteiger partial charge in [-0.05, 0) is 44.0 Å². The molecule has 152 valence electrons. The van der Waals surface area contributed by atoms with E-state index in [1.165, 1.54) is 4.68 Å². The van der Waals surface area contributed by atoms with Crippen LogP contribution in [-0.4, -0.2) is 43.1 Å². The first kappa shape index (κ1) is 22.0. The largest absolute Gasteiger partial charge is 0.486 e. The van der Waals surface area contributed by atoms with Gasteiger partial charge in [0.2, 0.25) is 5.75 Å². The molecule has 1 N–H and O–H groups in total. The normalized spacial score (nSPS) is 10.7. The minimum absolute atomic E-state index is 0.293. The van der Waals surface area contributed by atoms with Gasteiger partial charge in [0.25, 0.3) is 0 Å². The molecule has 0 unspecified atom stereocenters. The highest BCUT2D eigenvalue weighted by atomic mass is 35.5. The molecule has 0 saturated heterocycles. The predicted octanol–water partition coefficient (Wildman–Crippen LogP) is 3.67. The van der Waals surface area contributed by atoms with Gasteiger partial charge in [-0.25, -0.2) is 0 Å². The Morgan fingerprint density at radius 1 is 1.39 bits per heavy atom. The molecule has 1 aromatic carbocycles. The van der Waals surface area contributed by atoms with Crippen LogP contribution in [0, 0.1) is 0 Å². The van der Waals surface area contributed by atoms with Crippen LogP contribution in [0.25, 0.3) is 5.69 Å². The van der Waals surface area contributed by atoms with Crippen molar-refractivity contribution in [1.29, 1.82) is 0 Å². The topological polar surface area (TPSA) is 59.4 Å². The van der Waals surface area contributed by atoms with E-state index in [1.54, 1.807) is 30.5 Å². The van der Waals surface area contributed by atoms with Crippen molar-refractivity contribution in [1.82, 2.24) is 15.1 Å². The Bertz CT molecular complexity index is 822. The monoisotopic (exact) mass is 404 g/mol. The Kier molecular flexibility index (Phi) is 9.04. The summed E-state index contributed by atoms with van der Waals surface area (Å²) < 4.78 is 7.26. The van der Waals surface area contributed by atoms with Crippen LogP contribution in [0.2, 0.25) is 5.02 Å². The lowest BCUT2D eigenvalue weighted by atomic mass is 10.2. The van der Waals surface area contributed by atoms with E-state index in [0.717, 1.165) is 38.9 Å². The zero-order chi connectivity index (χ0) is 20.4. The van der Waals surface area contributed by atoms with Crippen molar-refractivity contribution in [2.75, 3.05) is 38.2 Å². The molecular formula is C21H29ClN4O2. The summed E-state index contributed by atoms with van der Waals surface area (Å²) in [6, 6.07) is 7.05. The van der Waals surface area contributed by atoms with Crippen LogP contribution in [-0.2, 0) is 0 Å². The second kappa shape index (κ2) is 11.5. The molecule has 2 aromatic rings. The van der Waals surface area contributed by atoms with E-state index in [1.807, 2.05) is 18.0 Å². The van der Waals surface area contributed by atoms with Crippen molar-refractivity contribution in [3.8, 4) is 11.4 Å². The molecule has 0 spiro atoms. The van der Waals surface area contributed by atoms with Gasteiger partial charge in [0.15, 0.2) is 0 Å². The van der Waals surface area contributed by atoms with E-state index < -0.39 is 0 Å². The third-order valence-corrected chi connectivity index (χ3v) is 4.54. The molecule has 0 amide bonds. The number of likely N-dealkylation sites (N-methyl/N-ethyl adjacent to an activating group) is 2. The summed E-state index contributed by atoms with van der Waals surface area (Å²) in [7, 11) is 1.93. The van der Waals surface area contributed by atoms with Crippen LogP contribution in [0.3, 0.4) is 0 Å². The Hall–Kier alpha value is -2.31. The third-order valence-electron chi connectivity index (χ3n) is 4.30. The number of hydrogen-bond acceptors (Lipinski definition) is 5. The maximum atomic E-state index is 13.1. The second-order valence-electron chi connectivity index (χ2n) is 6.46. The maximum absolute atomic E-state index is 13.1. The summed E-state index contributed by atoms with van der Waals surface area (Å²) >= 11 is 6.07. The number of nitrogens with zero attached hydrogens (tertiary/aromatic N) is 3. The van der Waals surface area contributed by atoms with Gasteiger partial charge in [-0.3, -0.25) is 4.79 Å². The van der Waals surface area contributed by atoms with E-state index in [0.29, 0.717) is 28.8 Å². The second-order valence-corrected chi connectivity index (χ2v) is 6.90. The zero-order valence-electron chi connectivity index (χ0n) is 16.7. The number of unbranched alkanes of at least 4 members (excludes halogenated alkanes) is 2. The van der Waals surface area contributed by atoms with Gasteiger partial charge in [-0.1, -0.05) is 30.7 Å². The molecule has 0 saturated carbocycles. The fourth-order valence-electron chi connectivity index (χ4n) is 2.74. The van der Waals surface area contributed by atoms with E-state index in [4.69, 9.17) is 16.3 Å². The molecule has 2 rings (SSSR count). The average molecular weight is 405 g/mol. The number of benzene rings is 1. The van der Waals surface area contributed by atoms with E-state index in [2.05, 4.69) is 23.9 Å². The van der Waals surface area contributed by atoms with E-state index in [-0.39, 0.29) is 5.56 Å². The van der Waals surface area contributed by atoms with Crippen LogP contribution in [0.5, 0.6) is 5.75 Å². The third kappa shape index (κ3) is 6.11. The highest BCUT2D eigenvalue weighted by molar-refractivity contribution is 6.30. The Balaban J connectivity index is 2.31. The molecule has 0 radical (unpaired) electrons. The number of rotatable bonds is 12. The Morgan fingerprint density at radius 3 is 2.93 bits per heavy atom. The van der Waals surface area contributed by atoms with Gasteiger partial charge in [0.1, 0.15) is 5.69 Å². The molecule has 28 heavy (non-hydrogen) atoms. The molecule has 6 nitrogen and oxygen atoms in total. The lowest BCUT2D eigenvalue weighted by molar-refractivity contribution is 0.301. The molecule has 1 aromatic heterocycles. The SMILES string of the molecule is C=CCCCCOc1c(N(C)CCNCC)cnn(-c2cccc(Cl)c2)c1=O. The first-order chi connectivity index (χ1) is 13.6. The molecule has 0 bridgehead atoms. The highest BCUT2D eigenvalue weighted by Crippen LogP contribution is 2.23. The quantitative estimate of drug-likeness (QED) is 0.432. The number of anilines is 1. The predicted molar refractivity (Wildman–Crippen MR) is 116 cm³/mol. The lowest BCUT2D eigenvalue weighted by Crippen LogP contribution is -2.32. The Morgan fingerprint density at radius 2 is 2.21 bits per heavy atom. The van der Waals surface area contributed by atoms with Gasteiger partial charge >= 0.3 is 5.56 Å². The molecule has 0 aliphatic heterocycles. The van der Waals surface area contributed by atoms with Crippen LogP contribution >= 0.6 is 11.6 Å². The fourth-order valence-corrected chi connectivity index (χ4v) is 2.92. The minimum Gasteiger partial charge on any atom is -0.486 e. The van der Waals surface area contributed by atoms with Gasteiger partial charge in [-0.15, -0.1) is 6.58 Å². The molecule has 0 aliphatic rings. The number of hydrogen-bond donors (Lipinski definition) is 1. The zero-order valence-corrected chi connectivity index (χ0v) is 17.4. The van der Waals surface area contributed by atoms with Gasteiger partial charge in [0, 0.05) is 25.2 Å². The van der Waals surface area contributed by atoms with Crippen molar-refractivity contribution >= 4 is 17.3 Å². The van der Waals surface area contributed by atoms with Gasteiger partial charge < -0.3 is 15.0 Å². The molecule has 7 heteroatoms. The van der Waals surface area contributed by atoms with Crippen molar-refractivity contribution in [2.24, 2.45) is 0 Å². The summed E-state index contributed by atoms with van der Waals surface area (Å²) in [6.07, 6.45) is 6.32. The summed E-state index contributed by atoms with van der Waals surface area (Å²) in [5.74, 6) is 0.313. The summed E-state index contributed by atoms with van der Waals surface area (Å²) in [4.78, 5) is 15.1. The van der Waals surface area contributed by atoms with Crippen molar-refractivity contribution in [3.05, 3.63) is 58.5 Å². The minimum atomic E-state index is -0.293. The summed E-state index contributed by atoms with van der Waals surface area (Å²) in [5.41, 5.74) is 1.000. The highest BCUT2D eigenvalue weighted by Gasteiger charge is 2.17. The first-order valence-electron chi connectivity index (χ1n) is 9.62. The number of aromatic nitrogens is 2. The molecule has 0 fully saturated rings. The number of ether oxygens (including phenoxy) is 1. The summed E-state index contributed by atoms with van der Waals surface area (Å²) in [6.45, 7) is 8.71. The van der Waals surface area contributed by atoms with E-state index in [9.17, 15) is 4.79 Å². The maximum Gasteiger partial charge on any atom is 0.316 e. The summed E-state index contributed by atoms with van der Waals surface area (Å²) in [5, 5.41) is 8.18. The number of nitrogens with one attached hydrogen (secondary N) is 1. The van der Waals surface area contributed by atoms with Crippen molar-refractivity contribution < 1.29 is 4.74 Å². The standard InChI is InChI=1S/C21H29ClN4O2/c1-4-6-7-8-14-28-20-19(25(3)13-12-23-5-2)16-24-26(21(20)27)18-11-9-10-17(22)15-18/h4,9-11,15-16,23H,1,5-8,12-14H2,2-3H3. The number of allylic oxidation sites excluding steroid dienone is 1. The molecule has 1 heterocycles. The van der Waals surface area contributed by atoms with Crippen molar-refractivity contribution in [2.45, 2.75) is 26.2 Å². The number of halogens is 1. The first-order valence-corrected chi connectivity index (χ1v) is 10.00. The average Bonchev–Trinajstić information content (AvgIpc) is 2.68. The molecule has 0 atom stereocenters. The van der Waals surface area contributed by atoms with Crippen LogP contribution in [0.4, 0.5) is 5.69 Å². The van der Waals surface area contributed by atoms with Crippen LogP contribution in [0.15, 0.2) is 47.9 Å².